The minimum absolute atomic E-state index is 0.0394. The number of nitrogens with one attached hydrogen (secondary N) is 1. The zero-order valence-electron chi connectivity index (χ0n) is 23.9. The van der Waals surface area contributed by atoms with E-state index in [1.54, 1.807) is 36.4 Å². The largest absolute Gasteiger partial charge is 0.486 e. The number of carbonyl (C=O) groups excluding carboxylic acids is 2. The first-order valence-electron chi connectivity index (χ1n) is 13.7. The summed E-state index contributed by atoms with van der Waals surface area (Å²) in [6.45, 7) is 7.84. The zero-order chi connectivity index (χ0) is 29.6. The fourth-order valence-corrected chi connectivity index (χ4v) is 6.17. The molecule has 0 saturated carbocycles. The summed E-state index contributed by atoms with van der Waals surface area (Å²) in [4.78, 5) is 28.9. The molecule has 10 heteroatoms. The molecule has 9 nitrogen and oxygen atoms in total. The van der Waals surface area contributed by atoms with Gasteiger partial charge < -0.3 is 19.7 Å². The highest BCUT2D eigenvalue weighted by molar-refractivity contribution is 7.92. The molecule has 0 radical (unpaired) electrons. The van der Waals surface area contributed by atoms with E-state index in [1.807, 2.05) is 52.0 Å². The maximum absolute atomic E-state index is 14.2. The summed E-state index contributed by atoms with van der Waals surface area (Å²) in [5.74, 6) is 0.0987. The van der Waals surface area contributed by atoms with E-state index < -0.39 is 28.5 Å². The van der Waals surface area contributed by atoms with Crippen LogP contribution in [0.2, 0.25) is 0 Å². The molecule has 1 atom stereocenters. The standard InChI is InChI=1S/C31H37N3O6S/c1-5-27(31(36)32-22(2)3)33(20-24-11-9-10-23(4)18-24)30(35)21-34(41(37,38)26-12-7-6-8-13-26)25-14-15-28-29(19-25)40-17-16-39-28/h6-15,18-19,22,27H,5,16-17,20-21H2,1-4H3,(H,32,36). The number of ether oxygens (including phenoxy) is 2. The highest BCUT2D eigenvalue weighted by Crippen LogP contribution is 2.36. The van der Waals surface area contributed by atoms with Crippen LogP contribution in [0, 0.1) is 6.92 Å². The molecule has 0 aromatic heterocycles. The van der Waals surface area contributed by atoms with Crippen LogP contribution in [0.1, 0.15) is 38.3 Å². The molecule has 0 fully saturated rings. The van der Waals surface area contributed by atoms with Crippen molar-refractivity contribution >= 4 is 27.5 Å². The quantitative estimate of drug-likeness (QED) is 0.363. The van der Waals surface area contributed by atoms with E-state index >= 15 is 0 Å². The Morgan fingerprint density at radius 2 is 1.63 bits per heavy atom. The molecule has 0 bridgehead atoms. The fraction of sp³-hybridized carbons (Fsp3) is 0.355. The number of carbonyl (C=O) groups is 2. The van der Waals surface area contributed by atoms with Gasteiger partial charge in [-0.25, -0.2) is 8.42 Å². The third-order valence-electron chi connectivity index (χ3n) is 6.68. The molecule has 0 aliphatic carbocycles. The van der Waals surface area contributed by atoms with E-state index in [9.17, 15) is 18.0 Å². The Labute approximate surface area is 242 Å². The molecule has 4 rings (SSSR count). The van der Waals surface area contributed by atoms with E-state index in [0.717, 1.165) is 15.4 Å². The van der Waals surface area contributed by atoms with E-state index in [2.05, 4.69) is 5.32 Å². The Bertz CT molecular complexity index is 1480. The van der Waals surface area contributed by atoms with Crippen molar-refractivity contribution in [1.29, 1.82) is 0 Å². The first-order valence-corrected chi connectivity index (χ1v) is 15.2. The van der Waals surface area contributed by atoms with E-state index in [4.69, 9.17) is 9.47 Å². The van der Waals surface area contributed by atoms with Crippen LogP contribution in [-0.4, -0.2) is 57.0 Å². The molecule has 3 aromatic rings. The Morgan fingerprint density at radius 1 is 0.927 bits per heavy atom. The highest BCUT2D eigenvalue weighted by Gasteiger charge is 2.34. The van der Waals surface area contributed by atoms with Gasteiger partial charge in [-0.1, -0.05) is 55.0 Å². The zero-order valence-corrected chi connectivity index (χ0v) is 24.7. The minimum Gasteiger partial charge on any atom is -0.486 e. The van der Waals surface area contributed by atoms with Crippen molar-refractivity contribution in [2.24, 2.45) is 0 Å². The summed E-state index contributed by atoms with van der Waals surface area (Å²) >= 11 is 0. The summed E-state index contributed by atoms with van der Waals surface area (Å²) in [7, 11) is -4.17. The van der Waals surface area contributed by atoms with Crippen molar-refractivity contribution in [2.75, 3.05) is 24.1 Å². The average Bonchev–Trinajstić information content (AvgIpc) is 2.95. The number of hydrogen-bond donors (Lipinski definition) is 1. The van der Waals surface area contributed by atoms with Crippen LogP contribution < -0.4 is 19.1 Å². The van der Waals surface area contributed by atoms with Gasteiger partial charge in [-0.15, -0.1) is 0 Å². The summed E-state index contributed by atoms with van der Waals surface area (Å²) in [5.41, 5.74) is 2.10. The second kappa shape index (κ2) is 13.1. The lowest BCUT2D eigenvalue weighted by Crippen LogP contribution is -2.53. The number of anilines is 1. The predicted octanol–water partition coefficient (Wildman–Crippen LogP) is 4.29. The van der Waals surface area contributed by atoms with Crippen molar-refractivity contribution < 1.29 is 27.5 Å². The van der Waals surface area contributed by atoms with Gasteiger partial charge in [0, 0.05) is 18.7 Å². The van der Waals surface area contributed by atoms with E-state index in [-0.39, 0.29) is 29.1 Å². The summed E-state index contributed by atoms with van der Waals surface area (Å²) in [6, 6.07) is 19.5. The topological polar surface area (TPSA) is 105 Å². The van der Waals surface area contributed by atoms with Crippen molar-refractivity contribution in [1.82, 2.24) is 10.2 Å². The molecule has 0 spiro atoms. The summed E-state index contributed by atoms with van der Waals surface area (Å²) in [6.07, 6.45) is 0.353. The molecule has 2 amide bonds. The minimum atomic E-state index is -4.17. The van der Waals surface area contributed by atoms with Gasteiger partial charge in [0.15, 0.2) is 11.5 Å². The number of aryl methyl sites for hydroxylation is 1. The second-order valence-electron chi connectivity index (χ2n) is 10.3. The number of nitrogens with zero attached hydrogens (tertiary/aromatic N) is 2. The van der Waals surface area contributed by atoms with Gasteiger partial charge in [0.05, 0.1) is 10.6 Å². The van der Waals surface area contributed by atoms with Gasteiger partial charge in [0.2, 0.25) is 11.8 Å². The maximum atomic E-state index is 14.2. The highest BCUT2D eigenvalue weighted by atomic mass is 32.2. The van der Waals surface area contributed by atoms with Gasteiger partial charge in [-0.3, -0.25) is 13.9 Å². The number of fused-ring (bicyclic) bond motifs is 1. The third-order valence-corrected chi connectivity index (χ3v) is 8.46. The van der Waals surface area contributed by atoms with Gasteiger partial charge in [0.25, 0.3) is 10.0 Å². The SMILES string of the molecule is CCC(C(=O)NC(C)C)N(Cc1cccc(C)c1)C(=O)CN(c1ccc2c(c1)OCCO2)S(=O)(=O)c1ccccc1. The molecule has 1 aliphatic rings. The second-order valence-corrected chi connectivity index (χ2v) is 12.1. The number of rotatable bonds is 11. The van der Waals surface area contributed by atoms with Crippen LogP contribution in [0.25, 0.3) is 0 Å². The van der Waals surface area contributed by atoms with Crippen molar-refractivity contribution in [2.45, 2.75) is 57.6 Å². The Morgan fingerprint density at radius 3 is 2.29 bits per heavy atom. The molecular weight excluding hydrogens is 542 g/mol. The molecule has 1 unspecified atom stereocenters. The number of benzene rings is 3. The molecule has 41 heavy (non-hydrogen) atoms. The number of sulfonamides is 1. The molecule has 218 valence electrons. The van der Waals surface area contributed by atoms with Crippen molar-refractivity contribution in [3.63, 3.8) is 0 Å². The lowest BCUT2D eigenvalue weighted by molar-refractivity contribution is -0.140. The monoisotopic (exact) mass is 579 g/mol. The predicted molar refractivity (Wildman–Crippen MR) is 157 cm³/mol. The number of hydrogen-bond acceptors (Lipinski definition) is 6. The molecular formula is C31H37N3O6S. The van der Waals surface area contributed by atoms with Crippen LogP contribution in [0.5, 0.6) is 11.5 Å². The van der Waals surface area contributed by atoms with Gasteiger partial charge in [-0.05, 0) is 57.0 Å². The van der Waals surface area contributed by atoms with Gasteiger partial charge in [0.1, 0.15) is 25.8 Å². The summed E-state index contributed by atoms with van der Waals surface area (Å²) in [5, 5.41) is 2.91. The lowest BCUT2D eigenvalue weighted by Gasteiger charge is -2.34. The van der Waals surface area contributed by atoms with Crippen molar-refractivity contribution in [3.05, 3.63) is 83.9 Å². The lowest BCUT2D eigenvalue weighted by atomic mass is 10.1. The van der Waals surface area contributed by atoms with E-state index in [1.165, 1.54) is 17.0 Å². The Kier molecular flexibility index (Phi) is 9.54. The van der Waals surface area contributed by atoms with Crippen LogP contribution in [0.4, 0.5) is 5.69 Å². The molecule has 1 N–H and O–H groups in total. The van der Waals surface area contributed by atoms with Crippen LogP contribution in [-0.2, 0) is 26.2 Å². The number of amides is 2. The van der Waals surface area contributed by atoms with Gasteiger partial charge >= 0.3 is 0 Å². The van der Waals surface area contributed by atoms with Crippen LogP contribution in [0.15, 0.2) is 77.7 Å². The van der Waals surface area contributed by atoms with Crippen LogP contribution >= 0.6 is 0 Å². The average molecular weight is 580 g/mol. The van der Waals surface area contributed by atoms with E-state index in [0.29, 0.717) is 31.1 Å². The molecule has 1 aliphatic heterocycles. The van der Waals surface area contributed by atoms with Crippen molar-refractivity contribution in [3.8, 4) is 11.5 Å². The van der Waals surface area contributed by atoms with Crippen LogP contribution in [0.3, 0.4) is 0 Å². The maximum Gasteiger partial charge on any atom is 0.264 e. The molecule has 1 heterocycles. The Balaban J connectivity index is 1.76. The first-order chi connectivity index (χ1) is 19.6. The normalized spacial score (nSPS) is 13.4. The van der Waals surface area contributed by atoms with Gasteiger partial charge in [-0.2, -0.15) is 0 Å². The summed E-state index contributed by atoms with van der Waals surface area (Å²) < 4.78 is 40.4. The Hall–Kier alpha value is -4.05. The smallest absolute Gasteiger partial charge is 0.264 e. The fourth-order valence-electron chi connectivity index (χ4n) is 4.74. The third kappa shape index (κ3) is 7.18. The molecule has 3 aromatic carbocycles. The molecule has 0 saturated heterocycles. The first kappa shape index (κ1) is 29.9.